The zero-order valence-corrected chi connectivity index (χ0v) is 10.6. The molecule has 0 amide bonds. The largest absolute Gasteiger partial charge is 0.383 e. The topological polar surface area (TPSA) is 33.7 Å². The lowest BCUT2D eigenvalue weighted by molar-refractivity contribution is -0.0296. The number of nitrogens with zero attached hydrogens (tertiary/aromatic N) is 1. The van der Waals surface area contributed by atoms with E-state index in [4.69, 9.17) is 21.7 Å². The fraction of sp³-hybridized carbons (Fsp3) is 0.909. The van der Waals surface area contributed by atoms with Gasteiger partial charge in [-0.2, -0.15) is 0 Å². The molecule has 1 N–H and O–H groups in total. The Morgan fingerprint density at radius 2 is 2.44 bits per heavy atom. The van der Waals surface area contributed by atoms with Gasteiger partial charge in [-0.25, -0.2) is 0 Å². The Morgan fingerprint density at radius 1 is 1.56 bits per heavy atom. The number of morpholine rings is 1. The Kier molecular flexibility index (Phi) is 4.37. The summed E-state index contributed by atoms with van der Waals surface area (Å²) < 4.78 is 10.8. The summed E-state index contributed by atoms with van der Waals surface area (Å²) >= 11 is 5.42. The third-order valence-electron chi connectivity index (χ3n) is 3.33. The van der Waals surface area contributed by atoms with Crippen molar-refractivity contribution in [3.8, 4) is 0 Å². The van der Waals surface area contributed by atoms with E-state index < -0.39 is 0 Å². The highest BCUT2D eigenvalue weighted by atomic mass is 32.1. The average Bonchev–Trinajstić information content (AvgIpc) is 2.76. The number of hydrogen-bond acceptors (Lipinski definition) is 3. The van der Waals surface area contributed by atoms with E-state index in [-0.39, 0.29) is 0 Å². The Hall–Kier alpha value is -0.390. The number of rotatable bonds is 3. The Bertz CT molecular complexity index is 250. The second-order valence-electron chi connectivity index (χ2n) is 4.33. The second kappa shape index (κ2) is 5.80. The highest BCUT2D eigenvalue weighted by Crippen LogP contribution is 2.29. The van der Waals surface area contributed by atoms with Crippen molar-refractivity contribution in [3.63, 3.8) is 0 Å². The Morgan fingerprint density at radius 3 is 3.25 bits per heavy atom. The fourth-order valence-corrected chi connectivity index (χ4v) is 2.87. The minimum absolute atomic E-state index is 0.399. The van der Waals surface area contributed by atoms with Crippen molar-refractivity contribution < 1.29 is 9.47 Å². The highest BCUT2D eigenvalue weighted by molar-refractivity contribution is 7.80. The van der Waals surface area contributed by atoms with Gasteiger partial charge in [-0.15, -0.1) is 0 Å². The van der Waals surface area contributed by atoms with Crippen molar-refractivity contribution in [1.82, 2.24) is 10.2 Å². The standard InChI is InChI=1S/C11H20N2O2S/c1-14-7-5-12-11(16)13-6-8-15-10-4-2-3-9(10)13/h9-10H,2-8H2,1H3,(H,12,16). The molecule has 0 radical (unpaired) electrons. The molecule has 2 rings (SSSR count). The van der Waals surface area contributed by atoms with Gasteiger partial charge in [0.15, 0.2) is 5.11 Å². The maximum Gasteiger partial charge on any atom is 0.169 e. The minimum Gasteiger partial charge on any atom is -0.383 e. The van der Waals surface area contributed by atoms with Gasteiger partial charge < -0.3 is 19.7 Å². The number of methoxy groups -OCH3 is 1. The summed E-state index contributed by atoms with van der Waals surface area (Å²) in [5.41, 5.74) is 0. The summed E-state index contributed by atoms with van der Waals surface area (Å²) in [6.07, 6.45) is 4.04. The third kappa shape index (κ3) is 2.64. The molecule has 1 saturated carbocycles. The summed E-state index contributed by atoms with van der Waals surface area (Å²) in [5, 5.41) is 4.10. The minimum atomic E-state index is 0.399. The smallest absolute Gasteiger partial charge is 0.169 e. The molecule has 5 heteroatoms. The van der Waals surface area contributed by atoms with Crippen LogP contribution < -0.4 is 5.32 Å². The molecule has 16 heavy (non-hydrogen) atoms. The number of thiocarbonyl (C=S) groups is 1. The first-order valence-electron chi connectivity index (χ1n) is 5.98. The molecule has 1 aliphatic carbocycles. The molecule has 1 saturated heterocycles. The molecule has 0 spiro atoms. The van der Waals surface area contributed by atoms with Gasteiger partial charge in [-0.05, 0) is 31.5 Å². The molecule has 0 aromatic rings. The lowest BCUT2D eigenvalue weighted by Gasteiger charge is -2.39. The van der Waals surface area contributed by atoms with E-state index in [1.54, 1.807) is 7.11 Å². The number of fused-ring (bicyclic) bond motifs is 1. The van der Waals surface area contributed by atoms with Crippen LogP contribution in [0.3, 0.4) is 0 Å². The van der Waals surface area contributed by atoms with Crippen molar-refractivity contribution in [2.24, 2.45) is 0 Å². The summed E-state index contributed by atoms with van der Waals surface area (Å²) in [6, 6.07) is 0.497. The van der Waals surface area contributed by atoms with Crippen molar-refractivity contribution in [2.45, 2.75) is 31.4 Å². The molecule has 4 nitrogen and oxygen atoms in total. The molecule has 1 aliphatic heterocycles. The maximum absolute atomic E-state index is 5.75. The van der Waals surface area contributed by atoms with Gasteiger partial charge in [-0.1, -0.05) is 0 Å². The predicted octanol–water partition coefficient (Wildman–Crippen LogP) is 0.761. The maximum atomic E-state index is 5.75. The van der Waals surface area contributed by atoms with Gasteiger partial charge in [0.25, 0.3) is 0 Å². The lowest BCUT2D eigenvalue weighted by atomic mass is 10.1. The molecular weight excluding hydrogens is 224 g/mol. The monoisotopic (exact) mass is 244 g/mol. The van der Waals surface area contributed by atoms with E-state index in [2.05, 4.69) is 10.2 Å². The van der Waals surface area contributed by atoms with Crippen LogP contribution in [0.2, 0.25) is 0 Å². The van der Waals surface area contributed by atoms with Crippen LogP contribution in [0.1, 0.15) is 19.3 Å². The Balaban J connectivity index is 1.84. The molecule has 2 unspecified atom stereocenters. The van der Waals surface area contributed by atoms with E-state index in [9.17, 15) is 0 Å². The van der Waals surface area contributed by atoms with Gasteiger partial charge in [-0.3, -0.25) is 0 Å². The van der Waals surface area contributed by atoms with Crippen LogP contribution in [0.25, 0.3) is 0 Å². The van der Waals surface area contributed by atoms with E-state index in [1.807, 2.05) is 0 Å². The van der Waals surface area contributed by atoms with Gasteiger partial charge in [0.2, 0.25) is 0 Å². The molecular formula is C11H20N2O2S. The summed E-state index contributed by atoms with van der Waals surface area (Å²) in [7, 11) is 1.70. The number of nitrogens with one attached hydrogen (secondary N) is 1. The Labute approximate surface area is 102 Å². The first-order chi connectivity index (χ1) is 7.83. The van der Waals surface area contributed by atoms with Crippen LogP contribution in [-0.4, -0.2) is 55.6 Å². The molecule has 2 atom stereocenters. The SMILES string of the molecule is COCCNC(=S)N1CCOC2CCCC21. The fourth-order valence-electron chi connectivity index (χ4n) is 2.54. The molecule has 0 aromatic carbocycles. The van der Waals surface area contributed by atoms with Gasteiger partial charge >= 0.3 is 0 Å². The van der Waals surface area contributed by atoms with E-state index in [0.717, 1.165) is 24.8 Å². The molecule has 0 aromatic heterocycles. The summed E-state index contributed by atoms with van der Waals surface area (Å²) in [4.78, 5) is 2.30. The first-order valence-corrected chi connectivity index (χ1v) is 6.39. The van der Waals surface area contributed by atoms with Crippen LogP contribution in [0.4, 0.5) is 0 Å². The van der Waals surface area contributed by atoms with Crippen LogP contribution in [0.5, 0.6) is 0 Å². The summed E-state index contributed by atoms with van der Waals surface area (Å²) in [5.74, 6) is 0. The van der Waals surface area contributed by atoms with Crippen LogP contribution in [0.15, 0.2) is 0 Å². The van der Waals surface area contributed by atoms with Crippen LogP contribution >= 0.6 is 12.2 Å². The molecule has 92 valence electrons. The number of ether oxygens (including phenoxy) is 2. The van der Waals surface area contributed by atoms with Crippen LogP contribution in [0, 0.1) is 0 Å². The lowest BCUT2D eigenvalue weighted by Crippen LogP contribution is -2.54. The van der Waals surface area contributed by atoms with Crippen molar-refractivity contribution in [3.05, 3.63) is 0 Å². The third-order valence-corrected chi connectivity index (χ3v) is 3.70. The normalized spacial score (nSPS) is 28.9. The predicted molar refractivity (Wildman–Crippen MR) is 66.6 cm³/mol. The van der Waals surface area contributed by atoms with Gasteiger partial charge in [0, 0.05) is 20.2 Å². The first kappa shape index (κ1) is 12.1. The zero-order chi connectivity index (χ0) is 11.4. The van der Waals surface area contributed by atoms with Crippen molar-refractivity contribution >= 4 is 17.3 Å². The van der Waals surface area contributed by atoms with Crippen molar-refractivity contribution in [2.75, 3.05) is 33.4 Å². The van der Waals surface area contributed by atoms with Crippen LogP contribution in [-0.2, 0) is 9.47 Å². The summed E-state index contributed by atoms with van der Waals surface area (Å²) in [6.45, 7) is 3.19. The molecule has 1 heterocycles. The molecule has 2 fully saturated rings. The van der Waals surface area contributed by atoms with E-state index >= 15 is 0 Å². The molecule has 2 aliphatic rings. The second-order valence-corrected chi connectivity index (χ2v) is 4.71. The van der Waals surface area contributed by atoms with Gasteiger partial charge in [0.05, 0.1) is 25.4 Å². The van der Waals surface area contributed by atoms with Crippen molar-refractivity contribution in [1.29, 1.82) is 0 Å². The van der Waals surface area contributed by atoms with E-state index in [0.29, 0.717) is 18.8 Å². The van der Waals surface area contributed by atoms with Gasteiger partial charge in [0.1, 0.15) is 0 Å². The molecule has 0 bridgehead atoms. The van der Waals surface area contributed by atoms with E-state index in [1.165, 1.54) is 19.3 Å². The average molecular weight is 244 g/mol. The number of hydrogen-bond donors (Lipinski definition) is 1. The quantitative estimate of drug-likeness (QED) is 0.585. The zero-order valence-electron chi connectivity index (χ0n) is 9.78. The highest BCUT2D eigenvalue weighted by Gasteiger charge is 2.36.